The minimum Gasteiger partial charge on any atom is -0.384 e. The highest BCUT2D eigenvalue weighted by Crippen LogP contribution is 2.56. The van der Waals surface area contributed by atoms with Crippen LogP contribution in [0.25, 0.3) is 22.3 Å². The van der Waals surface area contributed by atoms with Gasteiger partial charge in [0.2, 0.25) is 0 Å². The van der Waals surface area contributed by atoms with Gasteiger partial charge in [-0.05, 0) is 191 Å². The lowest BCUT2D eigenvalue weighted by atomic mass is 9.83. The monoisotopic (exact) mass is 972 g/mol. The Morgan fingerprint density at radius 3 is 1.24 bits per heavy atom. The first-order valence-electron chi connectivity index (χ1n) is 24.6. The number of nitrogens with two attached hydrogens (primary N) is 2. The fraction of sp³-hybridized carbons (Fsp3) is 0.194. The van der Waals surface area contributed by atoms with E-state index in [2.05, 4.69) is 69.1 Å². The molecule has 6 aromatic carbocycles. The van der Waals surface area contributed by atoms with E-state index in [9.17, 15) is 20.1 Å². The van der Waals surface area contributed by atoms with Crippen molar-refractivity contribution in [1.29, 1.82) is 10.5 Å². The predicted octanol–water partition coefficient (Wildman–Crippen LogP) is 11.2. The topological polar surface area (TPSA) is 202 Å². The fourth-order valence-electron chi connectivity index (χ4n) is 11.4. The number of nitriles is 2. The predicted molar refractivity (Wildman–Crippen MR) is 284 cm³/mol. The molecule has 0 radical (unpaired) electrons. The van der Waals surface area contributed by atoms with Gasteiger partial charge in [-0.2, -0.15) is 10.5 Å². The van der Waals surface area contributed by atoms with Gasteiger partial charge in [0.05, 0.1) is 23.3 Å². The maximum Gasteiger partial charge on any atom is 0.251 e. The van der Waals surface area contributed by atoms with Gasteiger partial charge in [0.25, 0.3) is 11.8 Å². The first-order chi connectivity index (χ1) is 35.7. The van der Waals surface area contributed by atoms with Gasteiger partial charge < -0.3 is 31.6 Å². The number of hydrogen-bond acceptors (Lipinski definition) is 10. The molecule has 0 saturated heterocycles. The smallest absolute Gasteiger partial charge is 0.251 e. The Hall–Kier alpha value is -8.94. The number of carbonyl (C=O) groups excluding carboxylic acids is 2. The molecule has 4 aliphatic heterocycles. The third-order valence-corrected chi connectivity index (χ3v) is 15.0. The third kappa shape index (κ3) is 8.11. The molecule has 12 rings (SSSR count). The molecule has 74 heavy (non-hydrogen) atoms. The van der Waals surface area contributed by atoms with Crippen LogP contribution in [0.5, 0.6) is 0 Å². The second-order valence-electron chi connectivity index (χ2n) is 19.6. The highest BCUT2D eigenvalue weighted by atomic mass is 16.5. The average Bonchev–Trinajstić information content (AvgIpc) is 4.16. The molecular weight excluding hydrogens is 921 g/mol. The molecule has 6 N–H and O–H groups in total. The van der Waals surface area contributed by atoms with Crippen LogP contribution < -0.4 is 22.1 Å². The number of nitrogens with zero attached hydrogens (tertiary/aromatic N) is 4. The van der Waals surface area contributed by atoms with E-state index in [1.807, 2.05) is 126 Å². The second kappa shape index (κ2) is 18.6. The van der Waals surface area contributed by atoms with E-state index in [0.717, 1.165) is 112 Å². The van der Waals surface area contributed by atoms with Gasteiger partial charge in [-0.15, -0.1) is 0 Å². The number of hydrogen-bond donors (Lipinski definition) is 4. The van der Waals surface area contributed by atoms with Crippen molar-refractivity contribution in [3.63, 3.8) is 0 Å². The Morgan fingerprint density at radius 1 is 0.486 bits per heavy atom. The lowest BCUT2D eigenvalue weighted by Gasteiger charge is -2.18. The second-order valence-corrected chi connectivity index (χ2v) is 19.6. The van der Waals surface area contributed by atoms with E-state index in [1.54, 1.807) is 0 Å². The standard InChI is InChI=1S/2C31H26N4O2/c1-16-5-4-6-21(14-32)28(16)19-7-9-22-24(12-19)29-23-10-8-20(13-25(23)30(22)37-29)31(36)34-15-26-17(2)11-27(33)35-18(26)3;1-16-5-4-6-21(14-32)28(16)19-7-9-22-24(12-19)30-25-13-20(8-10-23(25)29(22)37-30)31(36)34-15-26-17(2)11-27(33)35-18(26)3/h2*4-13,29-30H,15H2,1-3H3,(H2,33,35)(H,34,36). The summed E-state index contributed by atoms with van der Waals surface area (Å²) in [6.45, 7) is 12.6. The summed E-state index contributed by atoms with van der Waals surface area (Å²) in [5.74, 6) is 0.679. The van der Waals surface area contributed by atoms with Crippen LogP contribution in [0.15, 0.2) is 121 Å². The minimum atomic E-state index is -0.233. The maximum absolute atomic E-state index is 13.1. The van der Waals surface area contributed by atoms with Crippen LogP contribution in [0.3, 0.4) is 0 Å². The molecule has 12 heteroatoms. The molecule has 0 spiro atoms. The molecule has 2 amide bonds. The van der Waals surface area contributed by atoms with Crippen LogP contribution in [-0.2, 0) is 22.6 Å². The van der Waals surface area contributed by atoms with E-state index in [0.29, 0.717) is 47.0 Å². The van der Waals surface area contributed by atoms with Crippen molar-refractivity contribution in [2.45, 2.75) is 79.0 Å². The zero-order chi connectivity index (χ0) is 51.7. The summed E-state index contributed by atoms with van der Waals surface area (Å²) in [6, 6.07) is 44.1. The number of ether oxygens (including phenoxy) is 2. The molecule has 8 aromatic rings. The number of nitrogen functional groups attached to an aromatic ring is 2. The molecule has 4 bridgehead atoms. The van der Waals surface area contributed by atoms with Crippen LogP contribution >= 0.6 is 0 Å². The Bertz CT molecular complexity index is 3750. The van der Waals surface area contributed by atoms with Crippen molar-refractivity contribution in [3.05, 3.63) is 233 Å². The zero-order valence-electron chi connectivity index (χ0n) is 41.8. The number of fused-ring (bicyclic) bond motifs is 16. The largest absolute Gasteiger partial charge is 0.384 e. The molecule has 2 aromatic heterocycles. The Kier molecular flexibility index (Phi) is 11.9. The van der Waals surface area contributed by atoms with Gasteiger partial charge in [0.1, 0.15) is 36.1 Å². The molecule has 6 heterocycles. The first-order valence-corrected chi connectivity index (χ1v) is 24.6. The molecule has 0 saturated carbocycles. The summed E-state index contributed by atoms with van der Waals surface area (Å²) >= 11 is 0. The summed E-state index contributed by atoms with van der Waals surface area (Å²) < 4.78 is 12.8. The number of aryl methyl sites for hydroxylation is 6. The van der Waals surface area contributed by atoms with E-state index in [1.165, 1.54) is 0 Å². The van der Waals surface area contributed by atoms with Gasteiger partial charge in [-0.25, -0.2) is 9.97 Å². The number of benzene rings is 6. The number of amides is 2. The maximum atomic E-state index is 13.1. The van der Waals surface area contributed by atoms with Gasteiger partial charge in [-0.3, -0.25) is 9.59 Å². The molecule has 4 aliphatic rings. The molecule has 4 atom stereocenters. The van der Waals surface area contributed by atoms with Gasteiger partial charge >= 0.3 is 0 Å². The number of anilines is 2. The number of rotatable bonds is 8. The van der Waals surface area contributed by atoms with Crippen molar-refractivity contribution in [2.75, 3.05) is 11.5 Å². The Balaban J connectivity index is 0.000000159. The summed E-state index contributed by atoms with van der Waals surface area (Å²) in [4.78, 5) is 34.7. The lowest BCUT2D eigenvalue weighted by molar-refractivity contribution is 0.0856. The quantitative estimate of drug-likeness (QED) is 0.113. The number of pyridine rings is 2. The molecular formula is C62H52N8O4. The van der Waals surface area contributed by atoms with Crippen LogP contribution in [0.2, 0.25) is 0 Å². The van der Waals surface area contributed by atoms with E-state index < -0.39 is 0 Å². The number of nitrogens with one attached hydrogen (secondary N) is 2. The SMILES string of the molecule is Cc1cc(N)nc(C)c1CNC(=O)c1ccc2c(c1)C1OC2c2cc(-c3c(C)cccc3C#N)ccc21.Cc1cc(N)nc(C)c1CNC(=O)c1ccc2c(c1)C1OC2c2ccc(-c3c(C)cccc3C#N)cc21. The third-order valence-electron chi connectivity index (χ3n) is 15.0. The zero-order valence-corrected chi connectivity index (χ0v) is 41.8. The van der Waals surface area contributed by atoms with Crippen LogP contribution in [0, 0.1) is 64.2 Å². The molecule has 12 nitrogen and oxygen atoms in total. The molecule has 0 fully saturated rings. The van der Waals surface area contributed by atoms with Crippen molar-refractivity contribution in [3.8, 4) is 34.4 Å². The molecule has 364 valence electrons. The van der Waals surface area contributed by atoms with Crippen molar-refractivity contribution >= 4 is 23.5 Å². The van der Waals surface area contributed by atoms with Crippen molar-refractivity contribution in [1.82, 2.24) is 20.6 Å². The molecule has 4 unspecified atom stereocenters. The van der Waals surface area contributed by atoms with Crippen molar-refractivity contribution in [2.24, 2.45) is 0 Å². The summed E-state index contributed by atoms with van der Waals surface area (Å²) in [5.41, 5.74) is 34.6. The lowest BCUT2D eigenvalue weighted by Crippen LogP contribution is -2.24. The Labute approximate surface area is 429 Å². The van der Waals surface area contributed by atoms with Crippen LogP contribution in [-0.4, -0.2) is 21.8 Å². The normalized spacial score (nSPS) is 16.7. The Morgan fingerprint density at radius 2 is 0.851 bits per heavy atom. The fourth-order valence-corrected chi connectivity index (χ4v) is 11.4. The summed E-state index contributed by atoms with van der Waals surface area (Å²) in [7, 11) is 0. The van der Waals surface area contributed by atoms with Crippen LogP contribution in [0.1, 0.15) is 146 Å². The average molecular weight is 973 g/mol. The van der Waals surface area contributed by atoms with E-state index in [4.69, 9.17) is 20.9 Å². The number of carbonyl (C=O) groups is 2. The van der Waals surface area contributed by atoms with Gasteiger partial charge in [-0.1, -0.05) is 60.7 Å². The van der Waals surface area contributed by atoms with Crippen LogP contribution in [0.4, 0.5) is 11.6 Å². The summed E-state index contributed by atoms with van der Waals surface area (Å²) in [5, 5.41) is 25.3. The first kappa shape index (κ1) is 47.4. The number of aromatic nitrogens is 2. The minimum absolute atomic E-state index is 0.139. The van der Waals surface area contributed by atoms with E-state index >= 15 is 0 Å². The molecule has 0 aliphatic carbocycles. The van der Waals surface area contributed by atoms with Gasteiger partial charge in [0.15, 0.2) is 0 Å². The highest BCUT2D eigenvalue weighted by Gasteiger charge is 2.44. The highest BCUT2D eigenvalue weighted by molar-refractivity contribution is 5.95. The van der Waals surface area contributed by atoms with E-state index in [-0.39, 0.29) is 36.2 Å². The summed E-state index contributed by atoms with van der Waals surface area (Å²) in [6.07, 6.45) is -0.745. The van der Waals surface area contributed by atoms with Gasteiger partial charge in [0, 0.05) is 46.7 Å². The van der Waals surface area contributed by atoms with Crippen molar-refractivity contribution < 1.29 is 19.1 Å².